The summed E-state index contributed by atoms with van der Waals surface area (Å²) in [6.45, 7) is 5.39. The van der Waals surface area contributed by atoms with Crippen molar-refractivity contribution in [1.29, 1.82) is 0 Å². The van der Waals surface area contributed by atoms with Gasteiger partial charge in [-0.2, -0.15) is 0 Å². The molecule has 1 aromatic heterocycles. The van der Waals surface area contributed by atoms with Crippen LogP contribution < -0.4 is 11.1 Å². The van der Waals surface area contributed by atoms with Gasteiger partial charge in [-0.15, -0.1) is 0 Å². The SMILES string of the molecule is Cc1cnc(CNCCCN)c(C)c1[N+](=O)[O-]. The summed E-state index contributed by atoms with van der Waals surface area (Å²) in [7, 11) is 0. The van der Waals surface area contributed by atoms with Gasteiger partial charge in [0, 0.05) is 23.9 Å². The van der Waals surface area contributed by atoms with E-state index in [0.29, 0.717) is 24.2 Å². The highest BCUT2D eigenvalue weighted by atomic mass is 16.6. The Balaban J connectivity index is 2.80. The molecule has 1 rings (SSSR count). The fourth-order valence-corrected chi connectivity index (χ4v) is 1.66. The van der Waals surface area contributed by atoms with E-state index in [2.05, 4.69) is 10.3 Å². The molecular formula is C11H18N4O2. The molecule has 0 aliphatic heterocycles. The first-order valence-electron chi connectivity index (χ1n) is 5.58. The minimum atomic E-state index is -0.351. The molecule has 6 nitrogen and oxygen atoms in total. The number of nitrogens with zero attached hydrogens (tertiary/aromatic N) is 2. The predicted molar refractivity (Wildman–Crippen MR) is 65.7 cm³/mol. The van der Waals surface area contributed by atoms with Gasteiger partial charge in [0.25, 0.3) is 5.69 Å². The molecule has 0 aliphatic rings. The van der Waals surface area contributed by atoms with Crippen LogP contribution in [-0.4, -0.2) is 23.0 Å². The zero-order chi connectivity index (χ0) is 12.8. The first kappa shape index (κ1) is 13.5. The Bertz CT molecular complexity index is 407. The molecule has 1 heterocycles. The highest BCUT2D eigenvalue weighted by molar-refractivity contribution is 5.47. The second kappa shape index (κ2) is 6.27. The number of rotatable bonds is 6. The van der Waals surface area contributed by atoms with Gasteiger partial charge in [-0.1, -0.05) is 0 Å². The number of pyridine rings is 1. The van der Waals surface area contributed by atoms with Gasteiger partial charge in [-0.05, 0) is 33.4 Å². The van der Waals surface area contributed by atoms with Gasteiger partial charge >= 0.3 is 0 Å². The van der Waals surface area contributed by atoms with Gasteiger partial charge in [-0.25, -0.2) is 0 Å². The van der Waals surface area contributed by atoms with E-state index in [1.807, 2.05) is 0 Å². The molecule has 3 N–H and O–H groups in total. The zero-order valence-corrected chi connectivity index (χ0v) is 10.2. The third kappa shape index (κ3) is 3.47. The molecule has 0 aromatic carbocycles. The minimum Gasteiger partial charge on any atom is -0.330 e. The molecule has 6 heteroatoms. The van der Waals surface area contributed by atoms with Crippen molar-refractivity contribution in [3.8, 4) is 0 Å². The number of aryl methyl sites for hydroxylation is 1. The summed E-state index contributed by atoms with van der Waals surface area (Å²) in [6, 6.07) is 0. The fraction of sp³-hybridized carbons (Fsp3) is 0.545. The number of hydrogen-bond donors (Lipinski definition) is 2. The molecular weight excluding hydrogens is 220 g/mol. The van der Waals surface area contributed by atoms with Crippen molar-refractivity contribution in [1.82, 2.24) is 10.3 Å². The summed E-state index contributed by atoms with van der Waals surface area (Å²) in [5.41, 5.74) is 7.49. The Labute approximate surface area is 100 Å². The van der Waals surface area contributed by atoms with E-state index in [1.165, 1.54) is 0 Å². The first-order chi connectivity index (χ1) is 8.07. The normalized spacial score (nSPS) is 10.5. The van der Waals surface area contributed by atoms with Crippen LogP contribution in [0.5, 0.6) is 0 Å². The average Bonchev–Trinajstić information content (AvgIpc) is 2.26. The fourth-order valence-electron chi connectivity index (χ4n) is 1.66. The second-order valence-electron chi connectivity index (χ2n) is 3.94. The lowest BCUT2D eigenvalue weighted by Crippen LogP contribution is -2.19. The minimum absolute atomic E-state index is 0.163. The third-order valence-electron chi connectivity index (χ3n) is 2.61. The molecule has 0 atom stereocenters. The Morgan fingerprint density at radius 3 is 2.82 bits per heavy atom. The summed E-state index contributed by atoms with van der Waals surface area (Å²) in [4.78, 5) is 14.8. The van der Waals surface area contributed by atoms with Crippen molar-refractivity contribution in [2.45, 2.75) is 26.8 Å². The Morgan fingerprint density at radius 1 is 1.53 bits per heavy atom. The standard InChI is InChI=1S/C11H18N4O2/c1-8-6-14-10(7-13-5-3-4-12)9(2)11(8)15(16)17/h6,13H,3-5,7,12H2,1-2H3. The Morgan fingerprint density at radius 2 is 2.24 bits per heavy atom. The van der Waals surface area contributed by atoms with Crippen molar-refractivity contribution >= 4 is 5.69 Å². The number of aromatic nitrogens is 1. The lowest BCUT2D eigenvalue weighted by molar-refractivity contribution is -0.386. The Kier molecular flexibility index (Phi) is 4.99. The van der Waals surface area contributed by atoms with E-state index < -0.39 is 0 Å². The van der Waals surface area contributed by atoms with Gasteiger partial charge in [0.1, 0.15) is 0 Å². The highest BCUT2D eigenvalue weighted by Crippen LogP contribution is 2.23. The predicted octanol–water partition coefficient (Wildman–Crippen LogP) is 1.05. The van der Waals surface area contributed by atoms with Gasteiger partial charge < -0.3 is 11.1 Å². The van der Waals surface area contributed by atoms with Gasteiger partial charge in [-0.3, -0.25) is 15.1 Å². The summed E-state index contributed by atoms with van der Waals surface area (Å²) in [5.74, 6) is 0. The molecule has 94 valence electrons. The van der Waals surface area contributed by atoms with Crippen molar-refractivity contribution in [3.63, 3.8) is 0 Å². The van der Waals surface area contributed by atoms with Crippen LogP contribution in [0.3, 0.4) is 0 Å². The lowest BCUT2D eigenvalue weighted by atomic mass is 10.1. The number of nitrogens with two attached hydrogens (primary N) is 1. The van der Waals surface area contributed by atoms with Crippen LogP contribution in [0.2, 0.25) is 0 Å². The van der Waals surface area contributed by atoms with E-state index in [4.69, 9.17) is 5.73 Å². The molecule has 0 aliphatic carbocycles. The van der Waals surface area contributed by atoms with Crippen molar-refractivity contribution in [2.75, 3.05) is 13.1 Å². The summed E-state index contributed by atoms with van der Waals surface area (Å²) >= 11 is 0. The lowest BCUT2D eigenvalue weighted by Gasteiger charge is -2.08. The Hall–Kier alpha value is -1.53. The summed E-state index contributed by atoms with van der Waals surface area (Å²) < 4.78 is 0. The molecule has 0 saturated carbocycles. The maximum absolute atomic E-state index is 10.9. The second-order valence-corrected chi connectivity index (χ2v) is 3.94. The topological polar surface area (TPSA) is 94.1 Å². The number of nitro groups is 1. The van der Waals surface area contributed by atoms with E-state index in [9.17, 15) is 10.1 Å². The monoisotopic (exact) mass is 238 g/mol. The average molecular weight is 238 g/mol. The van der Waals surface area contributed by atoms with Crippen LogP contribution >= 0.6 is 0 Å². The zero-order valence-electron chi connectivity index (χ0n) is 10.2. The molecule has 0 amide bonds. The molecule has 0 saturated heterocycles. The van der Waals surface area contributed by atoms with Gasteiger partial charge in [0.15, 0.2) is 0 Å². The molecule has 0 bridgehead atoms. The summed E-state index contributed by atoms with van der Waals surface area (Å²) in [6.07, 6.45) is 2.43. The molecule has 0 fully saturated rings. The van der Waals surface area contributed by atoms with Crippen LogP contribution in [0.25, 0.3) is 0 Å². The van der Waals surface area contributed by atoms with E-state index in [1.54, 1.807) is 20.0 Å². The van der Waals surface area contributed by atoms with Crippen LogP contribution in [0.1, 0.15) is 23.2 Å². The summed E-state index contributed by atoms with van der Waals surface area (Å²) in [5, 5.41) is 14.1. The van der Waals surface area contributed by atoms with Crippen LogP contribution in [0.15, 0.2) is 6.20 Å². The van der Waals surface area contributed by atoms with Crippen LogP contribution in [0, 0.1) is 24.0 Å². The van der Waals surface area contributed by atoms with Crippen LogP contribution in [0.4, 0.5) is 5.69 Å². The van der Waals surface area contributed by atoms with E-state index in [0.717, 1.165) is 18.7 Å². The quantitative estimate of drug-likeness (QED) is 0.439. The number of nitrogens with one attached hydrogen (secondary N) is 1. The first-order valence-corrected chi connectivity index (χ1v) is 5.58. The largest absolute Gasteiger partial charge is 0.330 e. The smallest absolute Gasteiger partial charge is 0.278 e. The maximum Gasteiger partial charge on any atom is 0.278 e. The van der Waals surface area contributed by atoms with Crippen LogP contribution in [-0.2, 0) is 6.54 Å². The van der Waals surface area contributed by atoms with Crippen molar-refractivity contribution in [3.05, 3.63) is 33.1 Å². The van der Waals surface area contributed by atoms with E-state index >= 15 is 0 Å². The molecule has 0 unspecified atom stereocenters. The van der Waals surface area contributed by atoms with E-state index in [-0.39, 0.29) is 10.6 Å². The van der Waals surface area contributed by atoms with Gasteiger partial charge in [0.05, 0.1) is 10.6 Å². The third-order valence-corrected chi connectivity index (χ3v) is 2.61. The molecule has 0 radical (unpaired) electrons. The van der Waals surface area contributed by atoms with Crippen molar-refractivity contribution < 1.29 is 4.92 Å². The van der Waals surface area contributed by atoms with Crippen molar-refractivity contribution in [2.24, 2.45) is 5.73 Å². The number of hydrogen-bond acceptors (Lipinski definition) is 5. The molecule has 0 spiro atoms. The molecule has 1 aromatic rings. The highest BCUT2D eigenvalue weighted by Gasteiger charge is 2.18. The molecule has 17 heavy (non-hydrogen) atoms. The van der Waals surface area contributed by atoms with Gasteiger partial charge in [0.2, 0.25) is 0 Å². The maximum atomic E-state index is 10.9.